The number of nitrogens with one attached hydrogen (secondary N) is 2. The molecule has 1 aliphatic heterocycles. The average molecular weight is 394 g/mol. The quantitative estimate of drug-likeness (QED) is 0.604. The molecule has 8 heteroatoms. The molecule has 0 atom stereocenters. The van der Waals surface area contributed by atoms with Crippen LogP contribution < -0.4 is 10.2 Å². The number of carbonyl (C=O) groups is 1. The number of rotatable bonds is 5. The van der Waals surface area contributed by atoms with Gasteiger partial charge in [-0.25, -0.2) is 0 Å². The summed E-state index contributed by atoms with van der Waals surface area (Å²) in [5.41, 5.74) is 3.48. The zero-order valence-corrected chi connectivity index (χ0v) is 17.0. The largest absolute Gasteiger partial charge is 0.469 e. The van der Waals surface area contributed by atoms with Crippen LogP contribution in [-0.2, 0) is 16.2 Å². The number of aryl methyl sites for hydroxylation is 2. The lowest BCUT2D eigenvalue weighted by Crippen LogP contribution is -3.12. The molecule has 1 aromatic carbocycles. The second kappa shape index (κ2) is 8.28. The Labute approximate surface area is 162 Å². The molecule has 140 valence electrons. The highest BCUT2D eigenvalue weighted by Crippen LogP contribution is 2.23. The van der Waals surface area contributed by atoms with Crippen molar-refractivity contribution in [3.8, 4) is 0 Å². The number of hydrogen-bond donors (Lipinski definition) is 2. The number of quaternary nitrogens is 1. The number of hydrogen-bond acceptors (Lipinski definition) is 6. The summed E-state index contributed by atoms with van der Waals surface area (Å²) in [4.78, 5) is 13.0. The van der Waals surface area contributed by atoms with Crippen LogP contribution in [0, 0.1) is 23.7 Å². The van der Waals surface area contributed by atoms with Crippen molar-refractivity contribution < 1.29 is 14.4 Å². The fourth-order valence-electron chi connectivity index (χ4n) is 3.32. The monoisotopic (exact) mass is 393 g/mol. The standard InChI is InChI=1S/C18H24N4O2S2/c1-12-4-5-15(13(2)10-12)19-17-20-22(18(25)26-17)11-21-8-6-14(7-9-21)16(23)24-3/h4-5,10,14H,6-9,11H2,1-3H3,(H,19,20)/p+1. The summed E-state index contributed by atoms with van der Waals surface area (Å²) in [6, 6.07) is 6.30. The molecule has 0 aliphatic carbocycles. The number of methoxy groups -OCH3 is 1. The van der Waals surface area contributed by atoms with Gasteiger partial charge in [0.25, 0.3) is 0 Å². The SMILES string of the molecule is COC(=O)C1CC[NH+](Cn2nc(Nc3ccc(C)cc3C)sc2=S)CC1. The van der Waals surface area contributed by atoms with Crippen LogP contribution >= 0.6 is 23.6 Å². The first-order valence-corrected chi connectivity index (χ1v) is 10.0. The number of esters is 1. The fourth-order valence-corrected chi connectivity index (χ4v) is 4.34. The number of piperidine rings is 1. The Kier molecular flexibility index (Phi) is 6.05. The second-order valence-corrected chi connectivity index (χ2v) is 8.44. The van der Waals surface area contributed by atoms with Crippen molar-refractivity contribution in [2.75, 3.05) is 25.5 Å². The highest BCUT2D eigenvalue weighted by molar-refractivity contribution is 7.73. The van der Waals surface area contributed by atoms with Crippen molar-refractivity contribution in [1.29, 1.82) is 0 Å². The van der Waals surface area contributed by atoms with Crippen LogP contribution in [0.2, 0.25) is 0 Å². The maximum atomic E-state index is 11.6. The van der Waals surface area contributed by atoms with Crippen molar-refractivity contribution in [2.45, 2.75) is 33.4 Å². The minimum Gasteiger partial charge on any atom is -0.469 e. The van der Waals surface area contributed by atoms with E-state index in [1.807, 2.05) is 4.68 Å². The number of carbonyl (C=O) groups excluding carboxylic acids is 1. The molecular formula is C18H25N4O2S2+. The predicted molar refractivity (Wildman–Crippen MR) is 106 cm³/mol. The Hall–Kier alpha value is -1.77. The highest BCUT2D eigenvalue weighted by Gasteiger charge is 2.28. The van der Waals surface area contributed by atoms with E-state index in [9.17, 15) is 4.79 Å². The third kappa shape index (κ3) is 4.49. The van der Waals surface area contributed by atoms with Gasteiger partial charge in [0, 0.05) is 18.5 Å². The van der Waals surface area contributed by atoms with Crippen molar-refractivity contribution in [3.63, 3.8) is 0 Å². The molecule has 1 fully saturated rings. The maximum Gasteiger partial charge on any atom is 0.309 e. The fraction of sp³-hybridized carbons (Fsp3) is 0.500. The van der Waals surface area contributed by atoms with Crippen LogP contribution in [0.15, 0.2) is 18.2 Å². The molecule has 1 aromatic heterocycles. The van der Waals surface area contributed by atoms with Gasteiger partial charge in [-0.2, -0.15) is 4.68 Å². The summed E-state index contributed by atoms with van der Waals surface area (Å²) in [6.45, 7) is 6.76. The van der Waals surface area contributed by atoms with Crippen molar-refractivity contribution in [2.24, 2.45) is 5.92 Å². The lowest BCUT2D eigenvalue weighted by atomic mass is 9.97. The molecule has 0 radical (unpaired) electrons. The number of ether oxygens (including phenoxy) is 1. The van der Waals surface area contributed by atoms with E-state index in [1.54, 1.807) is 0 Å². The molecule has 6 nitrogen and oxygen atoms in total. The molecule has 0 amide bonds. The number of aromatic nitrogens is 2. The molecule has 0 unspecified atom stereocenters. The van der Waals surface area contributed by atoms with Gasteiger partial charge in [0.05, 0.1) is 26.1 Å². The molecule has 2 N–H and O–H groups in total. The smallest absolute Gasteiger partial charge is 0.309 e. The predicted octanol–water partition coefficient (Wildman–Crippen LogP) is 2.46. The Morgan fingerprint density at radius 1 is 1.42 bits per heavy atom. The van der Waals surface area contributed by atoms with Gasteiger partial charge in [0.2, 0.25) is 5.13 Å². The van der Waals surface area contributed by atoms with Gasteiger partial charge in [-0.3, -0.25) is 4.79 Å². The van der Waals surface area contributed by atoms with Gasteiger partial charge in [0.1, 0.15) is 0 Å². The zero-order chi connectivity index (χ0) is 18.7. The van der Waals surface area contributed by atoms with Gasteiger partial charge in [-0.15, -0.1) is 5.10 Å². The van der Waals surface area contributed by atoms with Crippen molar-refractivity contribution in [1.82, 2.24) is 9.78 Å². The molecule has 0 spiro atoms. The van der Waals surface area contributed by atoms with Crippen molar-refractivity contribution >= 4 is 40.3 Å². The first-order chi connectivity index (χ1) is 12.5. The highest BCUT2D eigenvalue weighted by atomic mass is 32.1. The van der Waals surface area contributed by atoms with E-state index in [2.05, 4.69) is 42.5 Å². The molecule has 3 rings (SSSR count). The summed E-state index contributed by atoms with van der Waals surface area (Å²) in [5, 5.41) is 8.83. The van der Waals surface area contributed by atoms with E-state index >= 15 is 0 Å². The Morgan fingerprint density at radius 2 is 2.15 bits per heavy atom. The minimum atomic E-state index is -0.0886. The first-order valence-electron chi connectivity index (χ1n) is 8.80. The molecule has 2 heterocycles. The van der Waals surface area contributed by atoms with Crippen LogP contribution in [0.3, 0.4) is 0 Å². The van der Waals surface area contributed by atoms with Gasteiger partial charge in [0.15, 0.2) is 10.6 Å². The number of nitrogens with zero attached hydrogens (tertiary/aromatic N) is 2. The van der Waals surface area contributed by atoms with E-state index in [0.717, 1.165) is 47.4 Å². The van der Waals surface area contributed by atoms with Crippen LogP contribution in [-0.4, -0.2) is 35.9 Å². The molecule has 2 aromatic rings. The summed E-state index contributed by atoms with van der Waals surface area (Å²) >= 11 is 6.97. The van der Waals surface area contributed by atoms with E-state index in [0.29, 0.717) is 0 Å². The molecule has 1 saturated heterocycles. The zero-order valence-electron chi connectivity index (χ0n) is 15.4. The topological polar surface area (TPSA) is 60.6 Å². The third-order valence-electron chi connectivity index (χ3n) is 4.83. The summed E-state index contributed by atoms with van der Waals surface area (Å²) in [7, 11) is 1.46. The third-order valence-corrected chi connectivity index (χ3v) is 6.05. The lowest BCUT2D eigenvalue weighted by Gasteiger charge is -2.27. The van der Waals surface area contributed by atoms with Crippen LogP contribution in [0.25, 0.3) is 0 Å². The number of likely N-dealkylation sites (tertiary alicyclic amines) is 1. The molecule has 26 heavy (non-hydrogen) atoms. The minimum absolute atomic E-state index is 0.0360. The normalized spacial score (nSPS) is 20.0. The van der Waals surface area contributed by atoms with Gasteiger partial charge < -0.3 is 15.0 Å². The molecule has 1 aliphatic rings. The van der Waals surface area contributed by atoms with Gasteiger partial charge in [-0.05, 0) is 37.7 Å². The summed E-state index contributed by atoms with van der Waals surface area (Å²) in [5.74, 6) is -0.0526. The number of benzene rings is 1. The Morgan fingerprint density at radius 3 is 2.81 bits per heavy atom. The van der Waals surface area contributed by atoms with Gasteiger partial charge in [-0.1, -0.05) is 29.0 Å². The Bertz CT molecular complexity index is 838. The van der Waals surface area contributed by atoms with Crippen molar-refractivity contribution in [3.05, 3.63) is 33.3 Å². The molecular weight excluding hydrogens is 368 g/mol. The van der Waals surface area contributed by atoms with E-state index < -0.39 is 0 Å². The van der Waals surface area contributed by atoms with E-state index in [-0.39, 0.29) is 11.9 Å². The maximum absolute atomic E-state index is 11.6. The van der Waals surface area contributed by atoms with Crippen LogP contribution in [0.1, 0.15) is 24.0 Å². The second-order valence-electron chi connectivity index (χ2n) is 6.82. The first kappa shape index (κ1) is 19.0. The summed E-state index contributed by atoms with van der Waals surface area (Å²) < 4.78 is 7.50. The Balaban J connectivity index is 1.62. The van der Waals surface area contributed by atoms with E-state index in [1.165, 1.54) is 34.5 Å². The molecule has 0 bridgehead atoms. The van der Waals surface area contributed by atoms with Gasteiger partial charge >= 0.3 is 5.97 Å². The van der Waals surface area contributed by atoms with Crippen LogP contribution in [0.4, 0.5) is 10.8 Å². The number of anilines is 2. The lowest BCUT2D eigenvalue weighted by molar-refractivity contribution is -0.928. The van der Waals surface area contributed by atoms with Crippen LogP contribution in [0.5, 0.6) is 0 Å². The average Bonchev–Trinajstić information content (AvgIpc) is 2.96. The summed E-state index contributed by atoms with van der Waals surface area (Å²) in [6.07, 6.45) is 1.71. The molecule has 0 saturated carbocycles. The van der Waals surface area contributed by atoms with E-state index in [4.69, 9.17) is 17.0 Å².